The average molecular weight is 128 g/mol. The molecule has 0 atom stereocenters. The van der Waals surface area contributed by atoms with Crippen molar-refractivity contribution in [2.45, 2.75) is 12.8 Å². The number of nitrogens with zero attached hydrogens (tertiary/aromatic N) is 1. The van der Waals surface area contributed by atoms with E-state index in [2.05, 4.69) is 6.58 Å². The predicted molar refractivity (Wildman–Crippen MR) is 36.2 cm³/mol. The lowest BCUT2D eigenvalue weighted by Gasteiger charge is -2.05. The van der Waals surface area contributed by atoms with Crippen LogP contribution >= 0.6 is 0 Å². The molecule has 3 nitrogen and oxygen atoms in total. The summed E-state index contributed by atoms with van der Waals surface area (Å²) in [6, 6.07) is 0. The van der Waals surface area contributed by atoms with Crippen LogP contribution in [0.4, 0.5) is 0 Å². The van der Waals surface area contributed by atoms with E-state index >= 15 is 0 Å². The third kappa shape index (κ3) is 1.54. The van der Waals surface area contributed by atoms with Gasteiger partial charge in [-0.3, -0.25) is 4.79 Å². The van der Waals surface area contributed by atoms with Crippen LogP contribution in [0.2, 0.25) is 0 Å². The topological polar surface area (TPSA) is 55.3 Å². The molecule has 0 bridgehead atoms. The van der Waals surface area contributed by atoms with Crippen LogP contribution in [0.5, 0.6) is 0 Å². The first-order valence-electron chi connectivity index (χ1n) is 2.76. The summed E-state index contributed by atoms with van der Waals surface area (Å²) in [7, 11) is 0. The monoisotopic (exact) mass is 128 g/mol. The van der Waals surface area contributed by atoms with Crippen molar-refractivity contribution < 1.29 is 4.79 Å². The Hall–Kier alpha value is -0.830. The zero-order valence-corrected chi connectivity index (χ0v) is 5.47. The standard InChI is InChI=1S/C6H9NO.H3N/c1-2-7-5-3-4-6(7)8;/h2H,1,3-5H2;1H3. The van der Waals surface area contributed by atoms with E-state index in [0.717, 1.165) is 13.0 Å². The second-order valence-electron chi connectivity index (χ2n) is 1.87. The van der Waals surface area contributed by atoms with Crippen LogP contribution in [0.25, 0.3) is 0 Å². The van der Waals surface area contributed by atoms with Crippen LogP contribution in [0.1, 0.15) is 12.8 Å². The Balaban J connectivity index is 0.000000640. The van der Waals surface area contributed by atoms with Crippen molar-refractivity contribution >= 4 is 5.91 Å². The van der Waals surface area contributed by atoms with Gasteiger partial charge < -0.3 is 11.1 Å². The summed E-state index contributed by atoms with van der Waals surface area (Å²) in [5, 5.41) is 0. The first-order valence-corrected chi connectivity index (χ1v) is 2.76. The van der Waals surface area contributed by atoms with Gasteiger partial charge in [-0.25, -0.2) is 0 Å². The van der Waals surface area contributed by atoms with Crippen molar-refractivity contribution in [3.05, 3.63) is 12.8 Å². The molecule has 0 saturated carbocycles. The molecule has 9 heavy (non-hydrogen) atoms. The van der Waals surface area contributed by atoms with E-state index in [1.807, 2.05) is 0 Å². The summed E-state index contributed by atoms with van der Waals surface area (Å²) >= 11 is 0. The second kappa shape index (κ2) is 3.25. The summed E-state index contributed by atoms with van der Waals surface area (Å²) in [5.74, 6) is 0.208. The molecule has 1 aliphatic rings. The van der Waals surface area contributed by atoms with E-state index in [4.69, 9.17) is 0 Å². The SMILES string of the molecule is C=CN1CCCC1=O.N. The maximum absolute atomic E-state index is 10.7. The van der Waals surface area contributed by atoms with Crippen molar-refractivity contribution in [1.82, 2.24) is 11.1 Å². The van der Waals surface area contributed by atoms with E-state index in [9.17, 15) is 4.79 Å². The Labute approximate surface area is 54.9 Å². The molecule has 1 heterocycles. The highest BCUT2D eigenvalue weighted by Crippen LogP contribution is 2.08. The van der Waals surface area contributed by atoms with Gasteiger partial charge in [0.1, 0.15) is 0 Å². The van der Waals surface area contributed by atoms with Gasteiger partial charge >= 0.3 is 0 Å². The lowest BCUT2D eigenvalue weighted by molar-refractivity contribution is -0.125. The van der Waals surface area contributed by atoms with Crippen molar-refractivity contribution in [3.8, 4) is 0 Å². The molecule has 0 aromatic carbocycles. The molecule has 3 heteroatoms. The molecule has 0 spiro atoms. The summed E-state index contributed by atoms with van der Waals surface area (Å²) in [6.07, 6.45) is 3.28. The fourth-order valence-electron chi connectivity index (χ4n) is 0.862. The smallest absolute Gasteiger partial charge is 0.226 e. The molecule has 1 amide bonds. The van der Waals surface area contributed by atoms with Gasteiger partial charge in [-0.15, -0.1) is 0 Å². The first-order chi connectivity index (χ1) is 3.84. The first kappa shape index (κ1) is 8.17. The van der Waals surface area contributed by atoms with Crippen LogP contribution in [-0.2, 0) is 4.79 Å². The number of rotatable bonds is 1. The molecule has 0 radical (unpaired) electrons. The van der Waals surface area contributed by atoms with Crippen LogP contribution in [0.15, 0.2) is 12.8 Å². The fraction of sp³-hybridized carbons (Fsp3) is 0.500. The van der Waals surface area contributed by atoms with Crippen LogP contribution in [-0.4, -0.2) is 17.4 Å². The molecule has 1 aliphatic heterocycles. The molecule has 3 N–H and O–H groups in total. The van der Waals surface area contributed by atoms with Gasteiger partial charge in [-0.05, 0) is 12.6 Å². The maximum atomic E-state index is 10.7. The van der Waals surface area contributed by atoms with Crippen LogP contribution in [0, 0.1) is 0 Å². The zero-order chi connectivity index (χ0) is 5.98. The Bertz CT molecular complexity index is 122. The van der Waals surface area contributed by atoms with Gasteiger partial charge in [0.25, 0.3) is 0 Å². The van der Waals surface area contributed by atoms with E-state index in [-0.39, 0.29) is 12.1 Å². The van der Waals surface area contributed by atoms with Gasteiger partial charge in [0, 0.05) is 13.0 Å². The van der Waals surface area contributed by atoms with E-state index in [1.54, 1.807) is 11.1 Å². The van der Waals surface area contributed by atoms with Crippen LogP contribution in [0.3, 0.4) is 0 Å². The number of carbonyl (C=O) groups is 1. The maximum Gasteiger partial charge on any atom is 0.226 e. The minimum atomic E-state index is 0. The molecular formula is C6H12N2O. The third-order valence-corrected chi connectivity index (χ3v) is 1.33. The van der Waals surface area contributed by atoms with Crippen LogP contribution < -0.4 is 6.15 Å². The lowest BCUT2D eigenvalue weighted by Crippen LogP contribution is -2.16. The Morgan fingerprint density at radius 3 is 2.56 bits per heavy atom. The quantitative estimate of drug-likeness (QED) is 0.570. The molecule has 1 saturated heterocycles. The molecule has 52 valence electrons. The Kier molecular flexibility index (Phi) is 2.95. The van der Waals surface area contributed by atoms with Gasteiger partial charge in [0.2, 0.25) is 5.91 Å². The molecule has 0 aromatic heterocycles. The molecule has 1 rings (SSSR count). The lowest BCUT2D eigenvalue weighted by atomic mass is 10.4. The minimum absolute atomic E-state index is 0. The number of hydrogen-bond acceptors (Lipinski definition) is 2. The predicted octanol–water partition coefficient (Wildman–Crippen LogP) is 0.914. The number of hydrogen-bond donors (Lipinski definition) is 1. The normalized spacial score (nSPS) is 17.3. The van der Waals surface area contributed by atoms with E-state index < -0.39 is 0 Å². The fourth-order valence-corrected chi connectivity index (χ4v) is 0.862. The van der Waals surface area contributed by atoms with E-state index in [1.165, 1.54) is 0 Å². The molecule has 1 fully saturated rings. The summed E-state index contributed by atoms with van der Waals surface area (Å²) in [4.78, 5) is 12.3. The average Bonchev–Trinajstić information content (AvgIpc) is 2.14. The zero-order valence-electron chi connectivity index (χ0n) is 5.47. The number of carbonyl (C=O) groups excluding carboxylic acids is 1. The number of likely N-dealkylation sites (tertiary alicyclic amines) is 1. The number of amides is 1. The van der Waals surface area contributed by atoms with Crippen molar-refractivity contribution in [3.63, 3.8) is 0 Å². The van der Waals surface area contributed by atoms with E-state index in [0.29, 0.717) is 6.42 Å². The highest BCUT2D eigenvalue weighted by atomic mass is 16.2. The largest absolute Gasteiger partial charge is 0.344 e. The van der Waals surface area contributed by atoms with Crippen molar-refractivity contribution in [2.24, 2.45) is 0 Å². The van der Waals surface area contributed by atoms with Crippen molar-refractivity contribution in [1.29, 1.82) is 0 Å². The summed E-state index contributed by atoms with van der Waals surface area (Å²) in [6.45, 7) is 4.36. The Morgan fingerprint density at radius 2 is 2.33 bits per heavy atom. The molecular weight excluding hydrogens is 116 g/mol. The highest BCUT2D eigenvalue weighted by Gasteiger charge is 2.15. The molecule has 0 unspecified atom stereocenters. The van der Waals surface area contributed by atoms with Gasteiger partial charge in [0.05, 0.1) is 0 Å². The molecule has 0 aliphatic carbocycles. The third-order valence-electron chi connectivity index (χ3n) is 1.33. The second-order valence-corrected chi connectivity index (χ2v) is 1.87. The van der Waals surface area contributed by atoms with Gasteiger partial charge in [-0.2, -0.15) is 0 Å². The summed E-state index contributed by atoms with van der Waals surface area (Å²) in [5.41, 5.74) is 0. The highest BCUT2D eigenvalue weighted by molar-refractivity contribution is 5.78. The Morgan fingerprint density at radius 1 is 1.67 bits per heavy atom. The minimum Gasteiger partial charge on any atom is -0.344 e. The van der Waals surface area contributed by atoms with Gasteiger partial charge in [0.15, 0.2) is 0 Å². The van der Waals surface area contributed by atoms with Crippen molar-refractivity contribution in [2.75, 3.05) is 6.54 Å². The summed E-state index contributed by atoms with van der Waals surface area (Å²) < 4.78 is 0. The molecule has 0 aromatic rings. The van der Waals surface area contributed by atoms with Gasteiger partial charge in [-0.1, -0.05) is 6.58 Å².